The number of ether oxygens (including phenoxy) is 1. The molecule has 7 heteroatoms. The van der Waals surface area contributed by atoms with E-state index in [1.54, 1.807) is 6.07 Å². The van der Waals surface area contributed by atoms with Gasteiger partial charge in [0.25, 0.3) is 5.69 Å². The minimum absolute atomic E-state index is 0.0280. The number of hydrogen-bond acceptors (Lipinski definition) is 4. The van der Waals surface area contributed by atoms with Crippen LogP contribution in [0.3, 0.4) is 0 Å². The van der Waals surface area contributed by atoms with Gasteiger partial charge in [0.2, 0.25) is 0 Å². The summed E-state index contributed by atoms with van der Waals surface area (Å²) in [6, 6.07) is 2.93. The van der Waals surface area contributed by atoms with Gasteiger partial charge in [-0.3, -0.25) is 10.1 Å². The Kier molecular flexibility index (Phi) is 5.72. The molecular formula is C13H22N3O4+. The molecule has 7 nitrogen and oxygen atoms in total. The average molecular weight is 284 g/mol. The zero-order valence-corrected chi connectivity index (χ0v) is 12.4. The van der Waals surface area contributed by atoms with Gasteiger partial charge in [-0.15, -0.1) is 0 Å². The molecule has 0 amide bonds. The van der Waals surface area contributed by atoms with Crippen LogP contribution in [-0.2, 0) is 6.54 Å². The van der Waals surface area contributed by atoms with E-state index in [0.717, 1.165) is 18.7 Å². The van der Waals surface area contributed by atoms with Crippen LogP contribution < -0.4 is 19.6 Å². The van der Waals surface area contributed by atoms with Crippen LogP contribution in [0.25, 0.3) is 0 Å². The fraction of sp³-hybridized carbons (Fsp3) is 0.538. The fourth-order valence-corrected chi connectivity index (χ4v) is 1.93. The molecule has 0 aliphatic rings. The molecule has 1 atom stereocenters. The van der Waals surface area contributed by atoms with Crippen molar-refractivity contribution >= 4 is 5.69 Å². The monoisotopic (exact) mass is 284 g/mol. The van der Waals surface area contributed by atoms with E-state index in [9.17, 15) is 15.2 Å². The second-order valence-corrected chi connectivity index (χ2v) is 5.24. The van der Waals surface area contributed by atoms with E-state index in [4.69, 9.17) is 4.74 Å². The quantitative estimate of drug-likeness (QED) is 0.441. The molecule has 1 unspecified atom stereocenters. The highest BCUT2D eigenvalue weighted by molar-refractivity contribution is 5.56. The van der Waals surface area contributed by atoms with Crippen molar-refractivity contribution in [2.45, 2.75) is 6.54 Å². The lowest BCUT2D eigenvalue weighted by Crippen LogP contribution is -3.15. The zero-order chi connectivity index (χ0) is 15.3. The summed E-state index contributed by atoms with van der Waals surface area (Å²) < 4.78 is 4.93. The normalized spacial score (nSPS) is 12.4. The van der Waals surface area contributed by atoms with Gasteiger partial charge in [-0.2, -0.15) is 0 Å². The summed E-state index contributed by atoms with van der Waals surface area (Å²) in [5.41, 5.74) is 0.310. The molecule has 112 valence electrons. The maximum atomic E-state index is 11.7. The highest BCUT2D eigenvalue weighted by atomic mass is 16.6. The van der Waals surface area contributed by atoms with Gasteiger partial charge in [0.05, 0.1) is 33.2 Å². The van der Waals surface area contributed by atoms with Gasteiger partial charge in [-0.05, 0) is 6.07 Å². The third-order valence-electron chi connectivity index (χ3n) is 3.07. The van der Waals surface area contributed by atoms with E-state index in [2.05, 4.69) is 14.1 Å². The van der Waals surface area contributed by atoms with Gasteiger partial charge in [0, 0.05) is 17.4 Å². The summed E-state index contributed by atoms with van der Waals surface area (Å²) in [6.07, 6.45) is 0. The standard InChI is InChI=1S/C13H21N3O4/c1-14(2)5-6-15(3)9-10-7-11(16(18)19)13(17)12(8-10)20-4/h7-8,17H,5-6,9H2,1-4H3/p+1. The lowest BCUT2D eigenvalue weighted by atomic mass is 10.1. The Morgan fingerprint density at radius 1 is 1.25 bits per heavy atom. The number of methoxy groups -OCH3 is 1. The minimum atomic E-state index is -0.670. The van der Waals surface area contributed by atoms with E-state index in [1.165, 1.54) is 23.0 Å². The third kappa shape index (κ3) is 4.36. The highest BCUT2D eigenvalue weighted by Crippen LogP contribution is 2.34. The summed E-state index contributed by atoms with van der Waals surface area (Å²) in [7, 11) is 7.52. The molecule has 0 radical (unpaired) electrons. The molecule has 0 fully saturated rings. The maximum Gasteiger partial charge on any atom is 0.265 e. The minimum Gasteiger partial charge on any atom is -0.865 e. The third-order valence-corrected chi connectivity index (χ3v) is 3.07. The first-order valence-electron chi connectivity index (χ1n) is 6.47. The van der Waals surface area contributed by atoms with E-state index >= 15 is 0 Å². The van der Waals surface area contributed by atoms with Crippen molar-refractivity contribution in [1.29, 1.82) is 0 Å². The Hall–Kier alpha value is -1.86. The molecule has 0 bridgehead atoms. The smallest absolute Gasteiger partial charge is 0.265 e. The molecule has 20 heavy (non-hydrogen) atoms. The molecule has 2 N–H and O–H groups in total. The topological polar surface area (TPSA) is 84.3 Å². The summed E-state index contributed by atoms with van der Waals surface area (Å²) in [6.45, 7) is 2.56. The second-order valence-electron chi connectivity index (χ2n) is 5.24. The Labute approximate surface area is 118 Å². The van der Waals surface area contributed by atoms with Crippen molar-refractivity contribution in [3.05, 3.63) is 27.8 Å². The predicted molar refractivity (Wildman–Crippen MR) is 72.2 cm³/mol. The number of nitro benzene ring substituents is 1. The fourth-order valence-electron chi connectivity index (χ4n) is 1.93. The maximum absolute atomic E-state index is 11.7. The van der Waals surface area contributed by atoms with Crippen molar-refractivity contribution < 1.29 is 24.6 Å². The molecule has 0 aromatic heterocycles. The van der Waals surface area contributed by atoms with Crippen LogP contribution in [0, 0.1) is 10.1 Å². The van der Waals surface area contributed by atoms with Crippen molar-refractivity contribution in [3.8, 4) is 11.5 Å². The van der Waals surface area contributed by atoms with Crippen molar-refractivity contribution in [2.75, 3.05) is 41.3 Å². The largest absolute Gasteiger partial charge is 0.865 e. The van der Waals surface area contributed by atoms with E-state index < -0.39 is 16.4 Å². The van der Waals surface area contributed by atoms with Crippen LogP contribution in [0.4, 0.5) is 5.69 Å². The van der Waals surface area contributed by atoms with Crippen LogP contribution in [0.15, 0.2) is 12.1 Å². The Bertz CT molecular complexity index is 477. The van der Waals surface area contributed by atoms with Crippen LogP contribution in [0.5, 0.6) is 11.5 Å². The Morgan fingerprint density at radius 3 is 2.40 bits per heavy atom. The van der Waals surface area contributed by atoms with Crippen LogP contribution in [0.2, 0.25) is 0 Å². The first-order chi connectivity index (χ1) is 9.35. The molecule has 0 saturated heterocycles. The number of nitro groups is 1. The Balaban J connectivity index is 2.90. The average Bonchev–Trinajstić information content (AvgIpc) is 2.37. The number of likely N-dealkylation sites (N-methyl/N-ethyl adjacent to an activating group) is 2. The molecule has 0 saturated carbocycles. The number of benzene rings is 1. The lowest BCUT2D eigenvalue weighted by Gasteiger charge is -2.18. The number of rotatable bonds is 7. The van der Waals surface area contributed by atoms with E-state index in [-0.39, 0.29) is 5.75 Å². The second kappa shape index (κ2) is 7.06. The summed E-state index contributed by atoms with van der Waals surface area (Å²) in [5, 5.41) is 22.6. The van der Waals surface area contributed by atoms with Gasteiger partial charge in [0.1, 0.15) is 25.4 Å². The van der Waals surface area contributed by atoms with Gasteiger partial charge >= 0.3 is 0 Å². The first-order valence-corrected chi connectivity index (χ1v) is 6.47. The summed E-state index contributed by atoms with van der Waals surface area (Å²) in [4.78, 5) is 12.8. The molecular weight excluding hydrogens is 262 g/mol. The highest BCUT2D eigenvalue weighted by Gasteiger charge is 2.15. The molecule has 0 aliphatic heterocycles. The molecule has 0 aliphatic carbocycles. The number of hydrogen-bond donors (Lipinski definition) is 2. The summed E-state index contributed by atoms with van der Waals surface area (Å²) in [5.74, 6) is -0.642. The molecule has 0 spiro atoms. The molecule has 1 aromatic rings. The SMILES string of the molecule is COc1cc(C[NH+](C)CC[NH+](C)C)cc([N+](=O)[O-])c1[O-]. The predicted octanol–water partition coefficient (Wildman–Crippen LogP) is -2.16. The lowest BCUT2D eigenvalue weighted by molar-refractivity contribution is -0.937. The number of nitrogens with zero attached hydrogens (tertiary/aromatic N) is 1. The van der Waals surface area contributed by atoms with Crippen molar-refractivity contribution in [2.24, 2.45) is 0 Å². The van der Waals surface area contributed by atoms with Crippen LogP contribution in [0.1, 0.15) is 5.56 Å². The summed E-state index contributed by atoms with van der Waals surface area (Å²) >= 11 is 0. The van der Waals surface area contributed by atoms with Gasteiger partial charge in [0.15, 0.2) is 0 Å². The van der Waals surface area contributed by atoms with Gasteiger partial charge in [-0.25, -0.2) is 0 Å². The van der Waals surface area contributed by atoms with Crippen LogP contribution >= 0.6 is 0 Å². The van der Waals surface area contributed by atoms with E-state index in [0.29, 0.717) is 6.54 Å². The van der Waals surface area contributed by atoms with Crippen LogP contribution in [-0.4, -0.2) is 46.3 Å². The van der Waals surface area contributed by atoms with Gasteiger partial charge < -0.3 is 19.6 Å². The number of quaternary nitrogens is 2. The van der Waals surface area contributed by atoms with Crippen molar-refractivity contribution in [1.82, 2.24) is 0 Å². The molecule has 1 rings (SSSR count). The Morgan fingerprint density at radius 2 is 1.90 bits per heavy atom. The molecule has 0 heterocycles. The zero-order valence-electron chi connectivity index (χ0n) is 12.4. The molecule has 1 aromatic carbocycles. The number of nitrogens with one attached hydrogen (secondary N) is 2. The van der Waals surface area contributed by atoms with E-state index in [1.807, 2.05) is 7.05 Å². The van der Waals surface area contributed by atoms with Gasteiger partial charge in [-0.1, -0.05) is 0 Å². The first kappa shape index (κ1) is 16.2. The van der Waals surface area contributed by atoms with Crippen molar-refractivity contribution in [3.63, 3.8) is 0 Å².